The van der Waals surface area contributed by atoms with Gasteiger partial charge in [-0.15, -0.1) is 22.7 Å². The maximum absolute atomic E-state index is 12.8. The van der Waals surface area contributed by atoms with Crippen molar-refractivity contribution in [2.45, 2.75) is 39.2 Å². The third-order valence-electron chi connectivity index (χ3n) is 4.24. The number of aromatic nitrogens is 2. The van der Waals surface area contributed by atoms with Gasteiger partial charge in [0.05, 0.1) is 17.3 Å². The van der Waals surface area contributed by atoms with Crippen LogP contribution in [0.25, 0.3) is 10.7 Å². The van der Waals surface area contributed by atoms with Crippen LogP contribution in [0.5, 0.6) is 0 Å². The van der Waals surface area contributed by atoms with Crippen LogP contribution in [-0.4, -0.2) is 29.0 Å². The second-order valence-corrected chi connectivity index (χ2v) is 8.60. The molecule has 0 atom stereocenters. The zero-order valence-electron chi connectivity index (χ0n) is 16.3. The molecule has 0 spiro atoms. The molecule has 154 valence electrons. The quantitative estimate of drug-likeness (QED) is 0.443. The number of unbranched alkanes of at least 4 members (excludes halogenated alkanes) is 2. The van der Waals surface area contributed by atoms with Gasteiger partial charge >= 0.3 is 0 Å². The van der Waals surface area contributed by atoms with Gasteiger partial charge in [-0.2, -0.15) is 0 Å². The zero-order chi connectivity index (χ0) is 20.5. The van der Waals surface area contributed by atoms with Gasteiger partial charge in [0.25, 0.3) is 0 Å². The van der Waals surface area contributed by atoms with Crippen molar-refractivity contribution >= 4 is 28.6 Å². The summed E-state index contributed by atoms with van der Waals surface area (Å²) in [7, 11) is 0. The van der Waals surface area contributed by atoms with E-state index in [0.717, 1.165) is 52.6 Å². The molecule has 2 heterocycles. The van der Waals surface area contributed by atoms with Gasteiger partial charge in [-0.3, -0.25) is 4.79 Å². The zero-order valence-corrected chi connectivity index (χ0v) is 18.0. The number of carbonyl (C=O) groups is 1. The maximum Gasteiger partial charge on any atom is 0.246 e. The summed E-state index contributed by atoms with van der Waals surface area (Å²) in [4.78, 5) is 20.9. The lowest BCUT2D eigenvalue weighted by Crippen LogP contribution is -2.28. The van der Waals surface area contributed by atoms with Crippen LogP contribution in [-0.2, 0) is 22.6 Å². The SMILES string of the molecule is Cc1nc(-c2nc(CCCCCNC(=O)COCc3ccc(F)cc3)cs2)cs1. The van der Waals surface area contributed by atoms with E-state index in [-0.39, 0.29) is 18.3 Å². The Kier molecular flexibility index (Phi) is 8.27. The fraction of sp³-hybridized carbons (Fsp3) is 0.381. The summed E-state index contributed by atoms with van der Waals surface area (Å²) in [5.74, 6) is -0.411. The second-order valence-electron chi connectivity index (χ2n) is 6.68. The Balaban J connectivity index is 1.23. The van der Waals surface area contributed by atoms with E-state index in [1.165, 1.54) is 12.1 Å². The standard InChI is InChI=1S/C21H24FN3O2S2/c1-15-24-19(14-28-15)21-25-18(13-29-21)5-3-2-4-10-23-20(26)12-27-11-16-6-8-17(22)9-7-16/h6-9,13-14H,2-5,10-12H2,1H3,(H,23,26). The van der Waals surface area contributed by atoms with Crippen molar-refractivity contribution in [1.82, 2.24) is 15.3 Å². The van der Waals surface area contributed by atoms with E-state index < -0.39 is 0 Å². The normalized spacial score (nSPS) is 11.0. The van der Waals surface area contributed by atoms with Crippen LogP contribution < -0.4 is 5.32 Å². The van der Waals surface area contributed by atoms with Crippen molar-refractivity contribution < 1.29 is 13.9 Å². The minimum Gasteiger partial charge on any atom is -0.367 e. The average molecular weight is 434 g/mol. The molecule has 1 amide bonds. The predicted octanol–water partition coefficient (Wildman–Crippen LogP) is 4.76. The lowest BCUT2D eigenvalue weighted by Gasteiger charge is -2.06. The topological polar surface area (TPSA) is 64.1 Å². The Hall–Kier alpha value is -2.16. The van der Waals surface area contributed by atoms with Gasteiger partial charge < -0.3 is 10.1 Å². The summed E-state index contributed by atoms with van der Waals surface area (Å²) >= 11 is 3.28. The third-order valence-corrected chi connectivity index (χ3v) is 5.92. The highest BCUT2D eigenvalue weighted by atomic mass is 32.1. The number of aryl methyl sites for hydroxylation is 2. The molecule has 8 heteroatoms. The molecule has 0 aliphatic heterocycles. The molecule has 1 aromatic carbocycles. The monoisotopic (exact) mass is 433 g/mol. The highest BCUT2D eigenvalue weighted by Gasteiger charge is 2.08. The number of nitrogens with zero attached hydrogens (tertiary/aromatic N) is 2. The molecule has 0 saturated heterocycles. The van der Waals surface area contributed by atoms with Crippen LogP contribution in [0.4, 0.5) is 4.39 Å². The Morgan fingerprint density at radius 1 is 1.10 bits per heavy atom. The minimum absolute atomic E-state index is 0.00900. The highest BCUT2D eigenvalue weighted by molar-refractivity contribution is 7.14. The van der Waals surface area contributed by atoms with Crippen molar-refractivity contribution in [3.05, 3.63) is 57.1 Å². The molecule has 29 heavy (non-hydrogen) atoms. The smallest absolute Gasteiger partial charge is 0.246 e. The van der Waals surface area contributed by atoms with Crippen molar-refractivity contribution in [3.8, 4) is 10.7 Å². The molecule has 0 aliphatic rings. The van der Waals surface area contributed by atoms with Crippen LogP contribution in [0.2, 0.25) is 0 Å². The summed E-state index contributed by atoms with van der Waals surface area (Å²) in [5, 5.41) is 9.05. The van der Waals surface area contributed by atoms with Gasteiger partial charge in [0, 0.05) is 17.3 Å². The van der Waals surface area contributed by atoms with Crippen molar-refractivity contribution in [1.29, 1.82) is 0 Å². The molecule has 0 saturated carbocycles. The van der Waals surface area contributed by atoms with Crippen LogP contribution >= 0.6 is 22.7 Å². The Bertz CT molecular complexity index is 909. The van der Waals surface area contributed by atoms with Crippen molar-refractivity contribution in [3.63, 3.8) is 0 Å². The number of carbonyl (C=O) groups excluding carboxylic acids is 1. The van der Waals surface area contributed by atoms with E-state index in [2.05, 4.69) is 20.7 Å². The first-order valence-electron chi connectivity index (χ1n) is 9.56. The number of hydrogen-bond donors (Lipinski definition) is 1. The lowest BCUT2D eigenvalue weighted by molar-refractivity contribution is -0.126. The Labute approximate surface area is 178 Å². The fourth-order valence-electron chi connectivity index (χ4n) is 2.73. The molecule has 0 unspecified atom stereocenters. The molecule has 3 rings (SSSR count). The van der Waals surface area contributed by atoms with E-state index in [0.29, 0.717) is 13.2 Å². The van der Waals surface area contributed by atoms with E-state index >= 15 is 0 Å². The molecule has 3 aromatic rings. The number of benzene rings is 1. The van der Waals surface area contributed by atoms with E-state index in [9.17, 15) is 9.18 Å². The van der Waals surface area contributed by atoms with Crippen LogP contribution in [0.3, 0.4) is 0 Å². The molecule has 0 fully saturated rings. The molecular formula is C21H24FN3O2S2. The largest absolute Gasteiger partial charge is 0.367 e. The van der Waals surface area contributed by atoms with E-state index in [4.69, 9.17) is 4.74 Å². The van der Waals surface area contributed by atoms with Crippen molar-refractivity contribution in [2.24, 2.45) is 0 Å². The van der Waals surface area contributed by atoms with Crippen LogP contribution in [0.15, 0.2) is 35.0 Å². The summed E-state index contributed by atoms with van der Waals surface area (Å²) in [6.07, 6.45) is 3.93. The minimum atomic E-state index is -0.281. The maximum atomic E-state index is 12.8. The summed E-state index contributed by atoms with van der Waals surface area (Å²) in [6, 6.07) is 6.06. The molecule has 0 aliphatic carbocycles. The second kappa shape index (κ2) is 11.1. The molecule has 5 nitrogen and oxygen atoms in total. The number of hydrogen-bond acceptors (Lipinski definition) is 6. The predicted molar refractivity (Wildman–Crippen MR) is 115 cm³/mol. The first-order valence-corrected chi connectivity index (χ1v) is 11.3. The Morgan fingerprint density at radius 3 is 2.69 bits per heavy atom. The number of amides is 1. The first-order chi connectivity index (χ1) is 14.1. The van der Waals surface area contributed by atoms with Gasteiger partial charge in [0.2, 0.25) is 5.91 Å². The summed E-state index contributed by atoms with van der Waals surface area (Å²) in [6.45, 7) is 2.94. The summed E-state index contributed by atoms with van der Waals surface area (Å²) in [5.41, 5.74) is 2.91. The number of ether oxygens (including phenoxy) is 1. The third kappa shape index (κ3) is 7.30. The van der Waals surface area contributed by atoms with Gasteiger partial charge in [0.15, 0.2) is 0 Å². The van der Waals surface area contributed by atoms with E-state index in [1.54, 1.807) is 34.8 Å². The summed E-state index contributed by atoms with van der Waals surface area (Å²) < 4.78 is 18.2. The first kappa shape index (κ1) is 21.5. The Morgan fingerprint density at radius 2 is 1.93 bits per heavy atom. The van der Waals surface area contributed by atoms with E-state index in [1.807, 2.05) is 12.3 Å². The molecule has 0 radical (unpaired) electrons. The number of thiazole rings is 2. The van der Waals surface area contributed by atoms with Gasteiger partial charge in [0.1, 0.15) is 23.1 Å². The molecular weight excluding hydrogens is 409 g/mol. The molecule has 1 N–H and O–H groups in total. The van der Waals surface area contributed by atoms with Gasteiger partial charge in [-0.25, -0.2) is 14.4 Å². The molecule has 2 aromatic heterocycles. The number of nitrogens with one attached hydrogen (secondary N) is 1. The lowest BCUT2D eigenvalue weighted by atomic mass is 10.1. The number of rotatable bonds is 11. The van der Waals surface area contributed by atoms with Gasteiger partial charge in [-0.1, -0.05) is 18.6 Å². The van der Waals surface area contributed by atoms with Crippen LogP contribution in [0.1, 0.15) is 35.5 Å². The fourth-order valence-corrected chi connectivity index (χ4v) is 4.22. The molecule has 0 bridgehead atoms. The average Bonchev–Trinajstić information content (AvgIpc) is 3.35. The van der Waals surface area contributed by atoms with Crippen molar-refractivity contribution in [2.75, 3.05) is 13.2 Å². The number of halogens is 1. The van der Waals surface area contributed by atoms with Gasteiger partial charge in [-0.05, 0) is 43.9 Å². The van der Waals surface area contributed by atoms with Crippen LogP contribution in [0, 0.1) is 12.7 Å². The highest BCUT2D eigenvalue weighted by Crippen LogP contribution is 2.25.